The molecule has 0 fully saturated rings. The van der Waals surface area contributed by atoms with Crippen LogP contribution in [0.2, 0.25) is 0 Å². The molecule has 5 heteroatoms. The number of rotatable bonds is 7. The van der Waals surface area contributed by atoms with Crippen LogP contribution in [-0.2, 0) is 6.42 Å². The Balaban J connectivity index is 1.37. The number of methoxy groups -OCH3 is 1. The van der Waals surface area contributed by atoms with Crippen LogP contribution in [0.5, 0.6) is 5.75 Å². The molecule has 144 valence electrons. The van der Waals surface area contributed by atoms with Gasteiger partial charge < -0.3 is 14.7 Å². The fraction of sp³-hybridized carbons (Fsp3) is 0.0833. The van der Waals surface area contributed by atoms with Gasteiger partial charge in [0.15, 0.2) is 0 Å². The molecule has 0 saturated carbocycles. The van der Waals surface area contributed by atoms with Crippen LogP contribution in [0.25, 0.3) is 0 Å². The number of nitrogens with one attached hydrogen (secondary N) is 2. The molecule has 0 saturated heterocycles. The number of nitrogens with zero attached hydrogens (tertiary/aromatic N) is 2. The van der Waals surface area contributed by atoms with E-state index in [-0.39, 0.29) is 0 Å². The molecule has 2 N–H and O–H groups in total. The van der Waals surface area contributed by atoms with Crippen molar-refractivity contribution in [3.63, 3.8) is 0 Å². The van der Waals surface area contributed by atoms with Crippen LogP contribution in [0.15, 0.2) is 88.8 Å². The highest BCUT2D eigenvalue weighted by Gasteiger charge is 2.02. The first-order chi connectivity index (χ1) is 14.3. The summed E-state index contributed by atoms with van der Waals surface area (Å²) in [6, 6.07) is 25.8. The average molecular weight is 382 g/mol. The van der Waals surface area contributed by atoms with Crippen LogP contribution in [0, 0.1) is 0 Å². The summed E-state index contributed by atoms with van der Waals surface area (Å²) in [5.74, 6) is 0.824. The van der Waals surface area contributed by atoms with Gasteiger partial charge >= 0.3 is 0 Å². The SMILES string of the molecule is COc1ccc(N=Cc2ccc(Cc3ccc(C=Nc4ccccc4)[nH]3)[nH]2)cc1. The highest BCUT2D eigenvalue weighted by Crippen LogP contribution is 2.18. The lowest BCUT2D eigenvalue weighted by molar-refractivity contribution is 0.415. The van der Waals surface area contributed by atoms with E-state index in [4.69, 9.17) is 4.74 Å². The number of para-hydroxylation sites is 1. The van der Waals surface area contributed by atoms with Crippen LogP contribution < -0.4 is 4.74 Å². The summed E-state index contributed by atoms with van der Waals surface area (Å²) in [5.41, 5.74) is 6.02. The van der Waals surface area contributed by atoms with E-state index in [1.54, 1.807) is 7.11 Å². The van der Waals surface area contributed by atoms with Gasteiger partial charge in [-0.05, 0) is 60.7 Å². The van der Waals surface area contributed by atoms with Crippen molar-refractivity contribution in [2.45, 2.75) is 6.42 Å². The molecule has 0 atom stereocenters. The van der Waals surface area contributed by atoms with Gasteiger partial charge in [-0.2, -0.15) is 0 Å². The quantitative estimate of drug-likeness (QED) is 0.411. The molecule has 0 amide bonds. The molecule has 2 heterocycles. The van der Waals surface area contributed by atoms with Crippen LogP contribution in [0.3, 0.4) is 0 Å². The van der Waals surface area contributed by atoms with E-state index in [1.165, 1.54) is 0 Å². The Labute approximate surface area is 169 Å². The van der Waals surface area contributed by atoms with E-state index in [1.807, 2.05) is 79.2 Å². The maximum atomic E-state index is 5.16. The van der Waals surface area contributed by atoms with Crippen molar-refractivity contribution in [1.82, 2.24) is 9.97 Å². The summed E-state index contributed by atoms with van der Waals surface area (Å²) in [5, 5.41) is 0. The van der Waals surface area contributed by atoms with Gasteiger partial charge in [-0.3, -0.25) is 9.98 Å². The first kappa shape index (κ1) is 18.5. The molecular formula is C24H22N4O. The first-order valence-electron chi connectivity index (χ1n) is 9.41. The minimum absolute atomic E-state index is 0.787. The average Bonchev–Trinajstić information content (AvgIpc) is 3.41. The van der Waals surface area contributed by atoms with Crippen molar-refractivity contribution >= 4 is 23.8 Å². The summed E-state index contributed by atoms with van der Waals surface area (Å²) in [7, 11) is 1.65. The number of benzene rings is 2. The Morgan fingerprint density at radius 1 is 0.690 bits per heavy atom. The Morgan fingerprint density at radius 2 is 1.24 bits per heavy atom. The number of hydrogen-bond donors (Lipinski definition) is 2. The lowest BCUT2D eigenvalue weighted by atomic mass is 10.2. The Bertz CT molecular complexity index is 1110. The van der Waals surface area contributed by atoms with Gasteiger partial charge in [0.25, 0.3) is 0 Å². The van der Waals surface area contributed by atoms with E-state index in [0.29, 0.717) is 0 Å². The topological polar surface area (TPSA) is 65.5 Å². The van der Waals surface area contributed by atoms with Crippen LogP contribution >= 0.6 is 0 Å². The van der Waals surface area contributed by atoms with Gasteiger partial charge in [-0.1, -0.05) is 18.2 Å². The van der Waals surface area contributed by atoms with Crippen molar-refractivity contribution in [3.8, 4) is 5.75 Å². The third-order valence-electron chi connectivity index (χ3n) is 4.45. The molecule has 2 aromatic heterocycles. The smallest absolute Gasteiger partial charge is 0.119 e. The van der Waals surface area contributed by atoms with E-state index in [0.717, 1.165) is 46.3 Å². The van der Waals surface area contributed by atoms with Gasteiger partial charge in [0.2, 0.25) is 0 Å². The van der Waals surface area contributed by atoms with Gasteiger partial charge in [-0.25, -0.2) is 0 Å². The highest BCUT2D eigenvalue weighted by atomic mass is 16.5. The number of ether oxygens (including phenoxy) is 1. The summed E-state index contributed by atoms with van der Waals surface area (Å²) >= 11 is 0. The fourth-order valence-electron chi connectivity index (χ4n) is 2.95. The van der Waals surface area contributed by atoms with Crippen molar-refractivity contribution in [2.75, 3.05) is 7.11 Å². The van der Waals surface area contributed by atoms with E-state index < -0.39 is 0 Å². The lowest BCUT2D eigenvalue weighted by Crippen LogP contribution is -1.91. The maximum absolute atomic E-state index is 5.16. The zero-order chi connectivity index (χ0) is 19.9. The molecule has 0 spiro atoms. The van der Waals surface area contributed by atoms with Crippen molar-refractivity contribution in [1.29, 1.82) is 0 Å². The van der Waals surface area contributed by atoms with Gasteiger partial charge in [0.1, 0.15) is 5.75 Å². The van der Waals surface area contributed by atoms with Crippen molar-refractivity contribution in [2.24, 2.45) is 9.98 Å². The largest absolute Gasteiger partial charge is 0.497 e. The second kappa shape index (κ2) is 8.89. The second-order valence-electron chi connectivity index (χ2n) is 6.60. The molecule has 4 rings (SSSR count). The minimum Gasteiger partial charge on any atom is -0.497 e. The molecule has 0 aliphatic carbocycles. The third-order valence-corrected chi connectivity index (χ3v) is 4.45. The van der Waals surface area contributed by atoms with Crippen LogP contribution in [0.1, 0.15) is 22.8 Å². The molecule has 0 unspecified atom stereocenters. The predicted octanol–water partition coefficient (Wildman–Crippen LogP) is 5.44. The minimum atomic E-state index is 0.787. The van der Waals surface area contributed by atoms with Crippen LogP contribution in [-0.4, -0.2) is 29.5 Å². The molecule has 0 bridgehead atoms. The van der Waals surface area contributed by atoms with Crippen LogP contribution in [0.4, 0.5) is 11.4 Å². The number of aromatic nitrogens is 2. The Morgan fingerprint density at radius 3 is 1.79 bits per heavy atom. The zero-order valence-corrected chi connectivity index (χ0v) is 16.2. The molecule has 0 radical (unpaired) electrons. The highest BCUT2D eigenvalue weighted by molar-refractivity contribution is 5.80. The number of aliphatic imine (C=N–C) groups is 2. The first-order valence-corrected chi connectivity index (χ1v) is 9.41. The summed E-state index contributed by atoms with van der Waals surface area (Å²) in [6.07, 6.45) is 4.47. The standard InChI is InChI=1S/C24H22N4O/c1-29-24-13-11-19(12-14-24)26-17-23-10-8-21(28-23)15-20-7-9-22(27-20)16-25-18-5-3-2-4-6-18/h2-14,16-17,27-28H,15H2,1H3. The summed E-state index contributed by atoms with van der Waals surface area (Å²) < 4.78 is 5.16. The molecule has 5 nitrogen and oxygen atoms in total. The maximum Gasteiger partial charge on any atom is 0.119 e. The van der Waals surface area contributed by atoms with E-state index in [2.05, 4.69) is 32.1 Å². The van der Waals surface area contributed by atoms with E-state index >= 15 is 0 Å². The molecule has 0 aliphatic heterocycles. The third kappa shape index (κ3) is 5.11. The van der Waals surface area contributed by atoms with Gasteiger partial charge in [-0.15, -0.1) is 0 Å². The summed E-state index contributed by atoms with van der Waals surface area (Å²) in [6.45, 7) is 0. The molecule has 4 aromatic rings. The predicted molar refractivity (Wildman–Crippen MR) is 118 cm³/mol. The number of hydrogen-bond acceptors (Lipinski definition) is 3. The number of H-pyrrole nitrogens is 2. The zero-order valence-electron chi connectivity index (χ0n) is 16.2. The Kier molecular flexibility index (Phi) is 5.67. The molecular weight excluding hydrogens is 360 g/mol. The normalized spacial score (nSPS) is 11.5. The van der Waals surface area contributed by atoms with Gasteiger partial charge in [0.05, 0.1) is 42.3 Å². The lowest BCUT2D eigenvalue weighted by Gasteiger charge is -1.98. The fourth-order valence-corrected chi connectivity index (χ4v) is 2.95. The van der Waals surface area contributed by atoms with E-state index in [9.17, 15) is 0 Å². The second-order valence-corrected chi connectivity index (χ2v) is 6.60. The van der Waals surface area contributed by atoms with Crippen molar-refractivity contribution in [3.05, 3.63) is 102 Å². The number of aromatic amines is 2. The molecule has 2 aromatic carbocycles. The van der Waals surface area contributed by atoms with Crippen molar-refractivity contribution < 1.29 is 4.74 Å². The van der Waals surface area contributed by atoms with Gasteiger partial charge in [0, 0.05) is 17.8 Å². The molecule has 0 aliphatic rings. The summed E-state index contributed by atoms with van der Waals surface area (Å²) in [4.78, 5) is 15.8. The Hall–Kier alpha value is -3.86. The monoisotopic (exact) mass is 382 g/mol. The molecule has 29 heavy (non-hydrogen) atoms.